The normalized spacial score (nSPS) is 24.0. The summed E-state index contributed by atoms with van der Waals surface area (Å²) in [5, 5.41) is 18.4. The van der Waals surface area contributed by atoms with Crippen molar-refractivity contribution in [2.24, 2.45) is 0 Å². The molecule has 2 aliphatic heterocycles. The van der Waals surface area contributed by atoms with Gasteiger partial charge in [0.2, 0.25) is 0 Å². The predicted octanol–water partition coefficient (Wildman–Crippen LogP) is 0.406. The summed E-state index contributed by atoms with van der Waals surface area (Å²) in [7, 11) is 0. The fourth-order valence-corrected chi connectivity index (χ4v) is 2.89. The standard InChI is InChI=1S/C14H20N2O.C2H2O4/c1-2-4-13(5-3-1)10-16-8-7-15-14(11-16)6-9-17-12-14;3-1(4)2(5)6/h1-5,15H,6-12H2;(H,3,4)(H,5,6). The molecule has 0 radical (unpaired) electrons. The molecule has 0 aliphatic carbocycles. The highest BCUT2D eigenvalue weighted by Gasteiger charge is 2.38. The number of aliphatic carboxylic acids is 2. The zero-order valence-corrected chi connectivity index (χ0v) is 12.9. The molecular weight excluding hydrogens is 300 g/mol. The van der Waals surface area contributed by atoms with Crippen LogP contribution in [-0.2, 0) is 20.9 Å². The van der Waals surface area contributed by atoms with Crippen LogP contribution in [0.2, 0.25) is 0 Å². The zero-order valence-electron chi connectivity index (χ0n) is 12.9. The van der Waals surface area contributed by atoms with Gasteiger partial charge >= 0.3 is 11.9 Å². The average molecular weight is 322 g/mol. The van der Waals surface area contributed by atoms with E-state index >= 15 is 0 Å². The van der Waals surface area contributed by atoms with Crippen LogP contribution in [0.25, 0.3) is 0 Å². The van der Waals surface area contributed by atoms with Crippen molar-refractivity contribution >= 4 is 11.9 Å². The van der Waals surface area contributed by atoms with Crippen molar-refractivity contribution in [1.29, 1.82) is 0 Å². The summed E-state index contributed by atoms with van der Waals surface area (Å²) in [6.07, 6.45) is 1.15. The Kier molecular flexibility index (Phi) is 6.09. The van der Waals surface area contributed by atoms with Crippen LogP contribution in [0.4, 0.5) is 0 Å². The van der Waals surface area contributed by atoms with Crippen LogP contribution < -0.4 is 5.32 Å². The smallest absolute Gasteiger partial charge is 0.414 e. The van der Waals surface area contributed by atoms with Gasteiger partial charge in [0.15, 0.2) is 0 Å². The number of carbonyl (C=O) groups is 2. The van der Waals surface area contributed by atoms with Crippen LogP contribution in [0.1, 0.15) is 12.0 Å². The van der Waals surface area contributed by atoms with Crippen molar-refractivity contribution in [3.8, 4) is 0 Å². The summed E-state index contributed by atoms with van der Waals surface area (Å²) in [5.74, 6) is -3.65. The lowest BCUT2D eigenvalue weighted by Gasteiger charge is -2.40. The fraction of sp³-hybridized carbons (Fsp3) is 0.500. The number of piperazine rings is 1. The molecule has 126 valence electrons. The van der Waals surface area contributed by atoms with Crippen LogP contribution in [-0.4, -0.2) is 65.4 Å². The summed E-state index contributed by atoms with van der Waals surface area (Å²) in [6.45, 7) is 6.17. The molecule has 2 aliphatic rings. The minimum Gasteiger partial charge on any atom is -0.473 e. The maximum absolute atomic E-state index is 9.10. The van der Waals surface area contributed by atoms with Gasteiger partial charge in [-0.3, -0.25) is 4.90 Å². The highest BCUT2D eigenvalue weighted by atomic mass is 16.5. The third-order valence-electron chi connectivity index (χ3n) is 3.99. The first-order chi connectivity index (χ1) is 11.0. The maximum atomic E-state index is 9.10. The Bertz CT molecular complexity index is 517. The van der Waals surface area contributed by atoms with E-state index in [1.54, 1.807) is 0 Å². The Labute approximate surface area is 134 Å². The summed E-state index contributed by atoms with van der Waals surface area (Å²) >= 11 is 0. The van der Waals surface area contributed by atoms with Crippen LogP contribution in [0.15, 0.2) is 30.3 Å². The molecule has 1 atom stereocenters. The molecule has 0 saturated carbocycles. The van der Waals surface area contributed by atoms with Gasteiger partial charge in [-0.2, -0.15) is 0 Å². The van der Waals surface area contributed by atoms with Gasteiger partial charge < -0.3 is 20.3 Å². The molecule has 0 aromatic heterocycles. The quantitative estimate of drug-likeness (QED) is 0.678. The van der Waals surface area contributed by atoms with Crippen LogP contribution >= 0.6 is 0 Å². The van der Waals surface area contributed by atoms with E-state index in [1.165, 1.54) is 5.56 Å². The van der Waals surface area contributed by atoms with Gasteiger partial charge in [0, 0.05) is 32.8 Å². The van der Waals surface area contributed by atoms with E-state index in [-0.39, 0.29) is 5.54 Å². The molecule has 1 unspecified atom stereocenters. The number of hydrogen-bond donors (Lipinski definition) is 3. The number of carboxylic acid groups (broad SMARTS) is 2. The number of benzene rings is 1. The molecule has 2 fully saturated rings. The van der Waals surface area contributed by atoms with Crippen molar-refractivity contribution in [2.75, 3.05) is 32.8 Å². The summed E-state index contributed by atoms with van der Waals surface area (Å²) in [6, 6.07) is 10.7. The van der Waals surface area contributed by atoms with Crippen LogP contribution in [0.5, 0.6) is 0 Å². The van der Waals surface area contributed by atoms with Crippen LogP contribution in [0, 0.1) is 0 Å². The van der Waals surface area contributed by atoms with Gasteiger partial charge in [0.05, 0.1) is 12.1 Å². The van der Waals surface area contributed by atoms with Gasteiger partial charge in [-0.25, -0.2) is 9.59 Å². The molecule has 23 heavy (non-hydrogen) atoms. The second kappa shape index (κ2) is 8.05. The minimum absolute atomic E-state index is 0.229. The molecule has 2 heterocycles. The topological polar surface area (TPSA) is 99.1 Å². The third-order valence-corrected chi connectivity index (χ3v) is 3.99. The Hall–Kier alpha value is -1.96. The highest BCUT2D eigenvalue weighted by molar-refractivity contribution is 6.27. The van der Waals surface area contributed by atoms with E-state index < -0.39 is 11.9 Å². The average Bonchev–Trinajstić information content (AvgIpc) is 2.96. The second-order valence-electron chi connectivity index (χ2n) is 5.82. The summed E-state index contributed by atoms with van der Waals surface area (Å²) in [4.78, 5) is 20.7. The Morgan fingerprint density at radius 1 is 1.22 bits per heavy atom. The largest absolute Gasteiger partial charge is 0.473 e. The van der Waals surface area contributed by atoms with E-state index in [2.05, 4.69) is 40.5 Å². The van der Waals surface area contributed by atoms with E-state index in [0.29, 0.717) is 0 Å². The van der Waals surface area contributed by atoms with Gasteiger partial charge in [0.25, 0.3) is 0 Å². The minimum atomic E-state index is -1.82. The van der Waals surface area contributed by atoms with Crippen molar-refractivity contribution in [3.05, 3.63) is 35.9 Å². The lowest BCUT2D eigenvalue weighted by atomic mass is 9.95. The molecule has 1 aromatic rings. The molecule has 0 bridgehead atoms. The number of carboxylic acids is 2. The molecule has 0 amide bonds. The van der Waals surface area contributed by atoms with Gasteiger partial charge in [0.1, 0.15) is 0 Å². The summed E-state index contributed by atoms with van der Waals surface area (Å²) < 4.78 is 5.55. The summed E-state index contributed by atoms with van der Waals surface area (Å²) in [5.41, 5.74) is 1.64. The fourth-order valence-electron chi connectivity index (χ4n) is 2.89. The van der Waals surface area contributed by atoms with Gasteiger partial charge in [-0.05, 0) is 12.0 Å². The Morgan fingerprint density at radius 3 is 2.48 bits per heavy atom. The molecule has 7 nitrogen and oxygen atoms in total. The molecular formula is C16H22N2O5. The lowest BCUT2D eigenvalue weighted by Crippen LogP contribution is -2.60. The third kappa shape index (κ3) is 5.31. The highest BCUT2D eigenvalue weighted by Crippen LogP contribution is 2.23. The SMILES string of the molecule is O=C(O)C(=O)O.c1ccc(CN2CCNC3(CCOC3)C2)cc1. The Balaban J connectivity index is 0.000000277. The van der Waals surface area contributed by atoms with E-state index in [4.69, 9.17) is 24.5 Å². The second-order valence-corrected chi connectivity index (χ2v) is 5.82. The molecule has 3 rings (SSSR count). The first-order valence-corrected chi connectivity index (χ1v) is 7.56. The molecule has 1 spiro atoms. The molecule has 7 heteroatoms. The van der Waals surface area contributed by atoms with Crippen molar-refractivity contribution in [3.63, 3.8) is 0 Å². The van der Waals surface area contributed by atoms with Gasteiger partial charge in [-0.1, -0.05) is 30.3 Å². The van der Waals surface area contributed by atoms with Crippen molar-refractivity contribution in [2.45, 2.75) is 18.5 Å². The number of nitrogens with zero attached hydrogens (tertiary/aromatic N) is 1. The van der Waals surface area contributed by atoms with Gasteiger partial charge in [-0.15, -0.1) is 0 Å². The number of rotatable bonds is 2. The molecule has 3 N–H and O–H groups in total. The molecule has 1 aromatic carbocycles. The maximum Gasteiger partial charge on any atom is 0.414 e. The van der Waals surface area contributed by atoms with Crippen molar-refractivity contribution in [1.82, 2.24) is 10.2 Å². The van der Waals surface area contributed by atoms with E-state index in [0.717, 1.165) is 45.8 Å². The van der Waals surface area contributed by atoms with Crippen molar-refractivity contribution < 1.29 is 24.5 Å². The van der Waals surface area contributed by atoms with E-state index in [9.17, 15) is 0 Å². The first-order valence-electron chi connectivity index (χ1n) is 7.56. The van der Waals surface area contributed by atoms with Crippen LogP contribution in [0.3, 0.4) is 0 Å². The first kappa shape index (κ1) is 17.4. The Morgan fingerprint density at radius 2 is 1.91 bits per heavy atom. The number of nitrogens with one attached hydrogen (secondary N) is 1. The number of ether oxygens (including phenoxy) is 1. The molecule has 2 saturated heterocycles. The predicted molar refractivity (Wildman–Crippen MR) is 83.2 cm³/mol. The lowest BCUT2D eigenvalue weighted by molar-refractivity contribution is -0.159. The monoisotopic (exact) mass is 322 g/mol. The van der Waals surface area contributed by atoms with E-state index in [1.807, 2.05) is 0 Å². The number of hydrogen-bond acceptors (Lipinski definition) is 5. The zero-order chi connectivity index (χ0) is 16.7.